The van der Waals surface area contributed by atoms with Crippen molar-refractivity contribution in [3.05, 3.63) is 29.8 Å². The molecule has 0 radical (unpaired) electrons. The van der Waals surface area contributed by atoms with E-state index in [4.69, 9.17) is 0 Å². The van der Waals surface area contributed by atoms with E-state index in [9.17, 15) is 14.9 Å². The van der Waals surface area contributed by atoms with Gasteiger partial charge < -0.3 is 15.1 Å². The van der Waals surface area contributed by atoms with Crippen LogP contribution in [0.1, 0.15) is 24.8 Å². The molecule has 3 rings (SSSR count). The maximum Gasteiger partial charge on any atom is 0.234 e. The van der Waals surface area contributed by atoms with Crippen LogP contribution in [0.25, 0.3) is 0 Å². The lowest BCUT2D eigenvalue weighted by atomic mass is 10.1. The van der Waals surface area contributed by atoms with Crippen LogP contribution < -0.4 is 10.2 Å². The van der Waals surface area contributed by atoms with Gasteiger partial charge in [0, 0.05) is 52.2 Å². The number of anilines is 1. The van der Waals surface area contributed by atoms with Crippen molar-refractivity contribution in [3.63, 3.8) is 0 Å². The number of carbonyl (C=O) groups is 2. The van der Waals surface area contributed by atoms with E-state index in [1.54, 1.807) is 0 Å². The highest BCUT2D eigenvalue weighted by Crippen LogP contribution is 2.20. The van der Waals surface area contributed by atoms with Crippen molar-refractivity contribution in [1.29, 1.82) is 5.26 Å². The van der Waals surface area contributed by atoms with E-state index in [0.29, 0.717) is 25.1 Å². The molecule has 2 saturated heterocycles. The Morgan fingerprint density at radius 2 is 1.93 bits per heavy atom. The lowest BCUT2D eigenvalue weighted by Crippen LogP contribution is -2.49. The number of nitriles is 1. The average Bonchev–Trinajstić information content (AvgIpc) is 3.10. The van der Waals surface area contributed by atoms with Crippen molar-refractivity contribution in [3.8, 4) is 6.07 Å². The molecule has 7 heteroatoms. The predicted molar refractivity (Wildman–Crippen MR) is 103 cm³/mol. The van der Waals surface area contributed by atoms with Gasteiger partial charge in [0.1, 0.15) is 6.07 Å². The molecule has 0 unspecified atom stereocenters. The minimum Gasteiger partial charge on any atom is -0.368 e. The molecule has 2 aliphatic heterocycles. The number of rotatable bonds is 7. The predicted octanol–water partition coefficient (Wildman–Crippen LogP) is 0.809. The lowest BCUT2D eigenvalue weighted by molar-refractivity contribution is -0.127. The highest BCUT2D eigenvalue weighted by Gasteiger charge is 2.21. The summed E-state index contributed by atoms with van der Waals surface area (Å²) in [4.78, 5) is 29.9. The molecule has 2 heterocycles. The molecule has 2 fully saturated rings. The lowest BCUT2D eigenvalue weighted by Gasteiger charge is -2.36. The molecular weight excluding hydrogens is 342 g/mol. The summed E-state index contributed by atoms with van der Waals surface area (Å²) in [7, 11) is 0. The standard InChI is InChI=1S/C20H27N5O2/c21-15-17-5-1-2-6-18(17)24-13-11-23(12-14-24)16-19(26)22-8-4-10-25-9-3-7-20(25)27/h1-2,5-6H,3-4,7-14,16H2,(H,22,26). The van der Waals surface area contributed by atoms with Crippen LogP contribution in [-0.4, -0.2) is 74.0 Å². The molecule has 0 bridgehead atoms. The third-order valence-corrected chi connectivity index (χ3v) is 5.20. The number of hydrogen-bond donors (Lipinski definition) is 1. The molecule has 1 N–H and O–H groups in total. The van der Waals surface area contributed by atoms with E-state index in [1.807, 2.05) is 29.2 Å². The molecule has 1 aromatic rings. The number of amides is 2. The fourth-order valence-corrected chi connectivity index (χ4v) is 3.69. The Morgan fingerprint density at radius 1 is 1.15 bits per heavy atom. The SMILES string of the molecule is N#Cc1ccccc1N1CCN(CC(=O)NCCCN2CCCC2=O)CC1. The Morgan fingerprint density at radius 3 is 2.63 bits per heavy atom. The van der Waals surface area contributed by atoms with Gasteiger partial charge in [0.05, 0.1) is 17.8 Å². The van der Waals surface area contributed by atoms with Crippen LogP contribution >= 0.6 is 0 Å². The average molecular weight is 369 g/mol. The molecule has 0 atom stereocenters. The largest absolute Gasteiger partial charge is 0.368 e. The van der Waals surface area contributed by atoms with E-state index < -0.39 is 0 Å². The van der Waals surface area contributed by atoms with E-state index in [2.05, 4.69) is 21.2 Å². The molecule has 0 saturated carbocycles. The van der Waals surface area contributed by atoms with Gasteiger partial charge in [-0.2, -0.15) is 5.26 Å². The molecule has 27 heavy (non-hydrogen) atoms. The van der Waals surface area contributed by atoms with Crippen LogP contribution in [0.5, 0.6) is 0 Å². The highest BCUT2D eigenvalue weighted by atomic mass is 16.2. The molecule has 0 aromatic heterocycles. The Balaban J connectivity index is 1.34. The van der Waals surface area contributed by atoms with E-state index in [1.165, 1.54) is 0 Å². The summed E-state index contributed by atoms with van der Waals surface area (Å²) in [5.74, 6) is 0.269. The minimum absolute atomic E-state index is 0.0358. The number of benzene rings is 1. The number of likely N-dealkylation sites (tertiary alicyclic amines) is 1. The maximum atomic E-state index is 12.1. The summed E-state index contributed by atoms with van der Waals surface area (Å²) in [5.41, 5.74) is 1.67. The Labute approximate surface area is 160 Å². The molecular formula is C20H27N5O2. The van der Waals surface area contributed by atoms with Gasteiger partial charge in [0.2, 0.25) is 11.8 Å². The number of carbonyl (C=O) groups excluding carboxylic acids is 2. The van der Waals surface area contributed by atoms with Crippen molar-refractivity contribution in [1.82, 2.24) is 15.1 Å². The highest BCUT2D eigenvalue weighted by molar-refractivity contribution is 5.78. The normalized spacial score (nSPS) is 17.8. The van der Waals surface area contributed by atoms with Crippen molar-refractivity contribution < 1.29 is 9.59 Å². The second kappa shape index (κ2) is 9.38. The number of piperazine rings is 1. The van der Waals surface area contributed by atoms with Gasteiger partial charge in [-0.1, -0.05) is 12.1 Å². The van der Waals surface area contributed by atoms with Gasteiger partial charge >= 0.3 is 0 Å². The smallest absolute Gasteiger partial charge is 0.234 e. The van der Waals surface area contributed by atoms with Gasteiger partial charge in [0.25, 0.3) is 0 Å². The topological polar surface area (TPSA) is 79.7 Å². The zero-order chi connectivity index (χ0) is 19.1. The van der Waals surface area contributed by atoms with Gasteiger partial charge in [-0.05, 0) is 25.0 Å². The Hall–Kier alpha value is -2.59. The van der Waals surface area contributed by atoms with Crippen LogP contribution in [0.2, 0.25) is 0 Å². The third kappa shape index (κ3) is 5.20. The van der Waals surface area contributed by atoms with Crippen molar-refractivity contribution in [2.75, 3.05) is 57.3 Å². The van der Waals surface area contributed by atoms with E-state index >= 15 is 0 Å². The van der Waals surface area contributed by atoms with Gasteiger partial charge in [0.15, 0.2) is 0 Å². The Bertz CT molecular complexity index is 707. The van der Waals surface area contributed by atoms with Crippen LogP contribution in [-0.2, 0) is 9.59 Å². The minimum atomic E-state index is 0.0358. The van der Waals surface area contributed by atoms with Crippen molar-refractivity contribution in [2.45, 2.75) is 19.3 Å². The van der Waals surface area contributed by atoms with E-state index in [-0.39, 0.29) is 11.8 Å². The molecule has 7 nitrogen and oxygen atoms in total. The fraction of sp³-hybridized carbons (Fsp3) is 0.550. The van der Waals surface area contributed by atoms with Crippen molar-refractivity contribution >= 4 is 17.5 Å². The first-order valence-electron chi connectivity index (χ1n) is 9.68. The van der Waals surface area contributed by atoms with Crippen LogP contribution in [0.15, 0.2) is 24.3 Å². The second-order valence-electron chi connectivity index (χ2n) is 7.08. The summed E-state index contributed by atoms with van der Waals surface area (Å²) in [6, 6.07) is 9.89. The number of hydrogen-bond acceptors (Lipinski definition) is 5. The fourth-order valence-electron chi connectivity index (χ4n) is 3.69. The Kier molecular flexibility index (Phi) is 6.66. The van der Waals surface area contributed by atoms with Gasteiger partial charge in [-0.15, -0.1) is 0 Å². The number of para-hydroxylation sites is 1. The first-order chi connectivity index (χ1) is 13.2. The summed E-state index contributed by atoms with van der Waals surface area (Å²) >= 11 is 0. The number of nitrogens with zero attached hydrogens (tertiary/aromatic N) is 4. The monoisotopic (exact) mass is 369 g/mol. The second-order valence-corrected chi connectivity index (χ2v) is 7.08. The molecule has 1 aromatic carbocycles. The quantitative estimate of drug-likeness (QED) is 0.720. The molecule has 2 amide bonds. The van der Waals surface area contributed by atoms with E-state index in [0.717, 1.165) is 57.8 Å². The van der Waals surface area contributed by atoms with Crippen molar-refractivity contribution in [2.24, 2.45) is 0 Å². The molecule has 0 aliphatic carbocycles. The summed E-state index contributed by atoms with van der Waals surface area (Å²) in [5, 5.41) is 12.2. The summed E-state index contributed by atoms with van der Waals surface area (Å²) in [6.45, 7) is 5.81. The number of nitrogens with one attached hydrogen (secondary N) is 1. The summed E-state index contributed by atoms with van der Waals surface area (Å²) < 4.78 is 0. The first kappa shape index (κ1) is 19.2. The van der Waals surface area contributed by atoms with Gasteiger partial charge in [-0.25, -0.2) is 0 Å². The zero-order valence-electron chi connectivity index (χ0n) is 15.7. The van der Waals surface area contributed by atoms with Gasteiger partial charge in [-0.3, -0.25) is 14.5 Å². The summed E-state index contributed by atoms with van der Waals surface area (Å²) in [6.07, 6.45) is 2.42. The van der Waals surface area contributed by atoms with Crippen LogP contribution in [0.3, 0.4) is 0 Å². The molecule has 144 valence electrons. The molecule has 2 aliphatic rings. The first-order valence-corrected chi connectivity index (χ1v) is 9.68. The molecule has 0 spiro atoms. The zero-order valence-corrected chi connectivity index (χ0v) is 15.7. The van der Waals surface area contributed by atoms with Crippen LogP contribution in [0, 0.1) is 11.3 Å². The van der Waals surface area contributed by atoms with Crippen LogP contribution in [0.4, 0.5) is 5.69 Å². The third-order valence-electron chi connectivity index (χ3n) is 5.20. The maximum absolute atomic E-state index is 12.1.